The molecule has 4 heteroatoms. The monoisotopic (exact) mass is 256 g/mol. The molecule has 18 heavy (non-hydrogen) atoms. The number of hydrogen-bond donors (Lipinski definition) is 2. The molecule has 1 rings (SSSR count). The predicted octanol–water partition coefficient (Wildman–Crippen LogP) is 4.32. The molecule has 0 spiro atoms. The van der Waals surface area contributed by atoms with E-state index < -0.39 is 11.6 Å². The molecule has 0 heterocycles. The van der Waals surface area contributed by atoms with Gasteiger partial charge in [-0.15, -0.1) is 0 Å². The maximum absolute atomic E-state index is 13.1. The smallest absolute Gasteiger partial charge is 0.151 e. The maximum atomic E-state index is 13.1. The standard InChI is InChI=1S/C14H22F2N2/c1-2-3-4-5-6-7-8-18-13-10-11(15)9-12(16)14(13)17/h9-10,18H,2-8,17H2,1H3. The summed E-state index contributed by atoms with van der Waals surface area (Å²) in [7, 11) is 0. The van der Waals surface area contributed by atoms with Crippen LogP contribution in [0.25, 0.3) is 0 Å². The van der Waals surface area contributed by atoms with E-state index in [-0.39, 0.29) is 5.69 Å². The summed E-state index contributed by atoms with van der Waals surface area (Å²) in [5, 5.41) is 2.98. The second-order valence-electron chi connectivity index (χ2n) is 4.54. The number of benzene rings is 1. The molecule has 0 saturated carbocycles. The van der Waals surface area contributed by atoms with Gasteiger partial charge in [0.2, 0.25) is 0 Å². The molecule has 0 radical (unpaired) electrons. The van der Waals surface area contributed by atoms with Crippen LogP contribution in [0, 0.1) is 11.6 Å². The molecule has 0 atom stereocenters. The van der Waals surface area contributed by atoms with Gasteiger partial charge >= 0.3 is 0 Å². The Morgan fingerprint density at radius 3 is 2.44 bits per heavy atom. The molecule has 102 valence electrons. The van der Waals surface area contributed by atoms with Gasteiger partial charge in [0.15, 0.2) is 5.82 Å². The summed E-state index contributed by atoms with van der Waals surface area (Å²) < 4.78 is 26.1. The highest BCUT2D eigenvalue weighted by molar-refractivity contribution is 5.66. The maximum Gasteiger partial charge on any atom is 0.151 e. The van der Waals surface area contributed by atoms with Crippen molar-refractivity contribution in [2.24, 2.45) is 0 Å². The largest absolute Gasteiger partial charge is 0.395 e. The first-order chi connectivity index (χ1) is 8.65. The van der Waals surface area contributed by atoms with E-state index >= 15 is 0 Å². The number of nitrogen functional groups attached to an aromatic ring is 1. The number of unbranched alkanes of at least 4 members (excludes halogenated alkanes) is 5. The Bertz CT molecular complexity index is 367. The molecule has 0 bridgehead atoms. The molecule has 1 aromatic rings. The van der Waals surface area contributed by atoms with Crippen molar-refractivity contribution in [3.63, 3.8) is 0 Å². The number of hydrogen-bond acceptors (Lipinski definition) is 2. The van der Waals surface area contributed by atoms with Crippen LogP contribution in [0.2, 0.25) is 0 Å². The van der Waals surface area contributed by atoms with E-state index in [1.54, 1.807) is 0 Å². The number of rotatable bonds is 8. The number of halogens is 2. The zero-order valence-electron chi connectivity index (χ0n) is 10.9. The minimum atomic E-state index is -0.708. The van der Waals surface area contributed by atoms with Crippen molar-refractivity contribution in [3.05, 3.63) is 23.8 Å². The molecule has 0 fully saturated rings. The lowest BCUT2D eigenvalue weighted by molar-refractivity contribution is 0.586. The quantitative estimate of drug-likeness (QED) is 0.537. The van der Waals surface area contributed by atoms with Gasteiger partial charge in [-0.1, -0.05) is 39.0 Å². The predicted molar refractivity (Wildman–Crippen MR) is 72.6 cm³/mol. The average Bonchev–Trinajstić information content (AvgIpc) is 2.33. The normalized spacial score (nSPS) is 10.6. The first-order valence-corrected chi connectivity index (χ1v) is 6.63. The number of nitrogens with one attached hydrogen (secondary N) is 1. The van der Waals surface area contributed by atoms with E-state index in [0.29, 0.717) is 12.2 Å². The fraction of sp³-hybridized carbons (Fsp3) is 0.571. The van der Waals surface area contributed by atoms with Crippen LogP contribution >= 0.6 is 0 Å². The van der Waals surface area contributed by atoms with Crippen LogP contribution in [-0.4, -0.2) is 6.54 Å². The highest BCUT2D eigenvalue weighted by Crippen LogP contribution is 2.23. The van der Waals surface area contributed by atoms with Gasteiger partial charge in [-0.3, -0.25) is 0 Å². The molecular weight excluding hydrogens is 234 g/mol. The van der Waals surface area contributed by atoms with E-state index in [2.05, 4.69) is 12.2 Å². The van der Waals surface area contributed by atoms with Crippen molar-refractivity contribution in [2.45, 2.75) is 45.4 Å². The van der Waals surface area contributed by atoms with Crippen molar-refractivity contribution in [1.29, 1.82) is 0 Å². The van der Waals surface area contributed by atoms with E-state index in [4.69, 9.17) is 5.73 Å². The molecule has 3 N–H and O–H groups in total. The van der Waals surface area contributed by atoms with E-state index in [1.165, 1.54) is 31.7 Å². The van der Waals surface area contributed by atoms with Crippen LogP contribution in [0.1, 0.15) is 45.4 Å². The molecule has 2 nitrogen and oxygen atoms in total. The topological polar surface area (TPSA) is 38.0 Å². The summed E-state index contributed by atoms with van der Waals surface area (Å²) in [4.78, 5) is 0. The fourth-order valence-electron chi connectivity index (χ4n) is 1.86. The highest BCUT2D eigenvalue weighted by atomic mass is 19.1. The summed E-state index contributed by atoms with van der Waals surface area (Å²) in [5.41, 5.74) is 5.86. The lowest BCUT2D eigenvalue weighted by atomic mass is 10.1. The third kappa shape index (κ3) is 4.90. The van der Waals surface area contributed by atoms with Crippen LogP contribution in [0.15, 0.2) is 12.1 Å². The Morgan fingerprint density at radius 2 is 1.72 bits per heavy atom. The van der Waals surface area contributed by atoms with Crippen LogP contribution in [0.5, 0.6) is 0 Å². The summed E-state index contributed by atoms with van der Waals surface area (Å²) in [6.45, 7) is 2.88. The van der Waals surface area contributed by atoms with Gasteiger partial charge in [-0.25, -0.2) is 8.78 Å². The van der Waals surface area contributed by atoms with Crippen molar-refractivity contribution < 1.29 is 8.78 Å². The molecule has 0 amide bonds. The van der Waals surface area contributed by atoms with Crippen molar-refractivity contribution in [3.8, 4) is 0 Å². The molecule has 0 aliphatic rings. The summed E-state index contributed by atoms with van der Waals surface area (Å²) in [6, 6.07) is 2.03. The number of anilines is 2. The minimum Gasteiger partial charge on any atom is -0.395 e. The third-order valence-electron chi connectivity index (χ3n) is 2.94. The number of nitrogens with two attached hydrogens (primary N) is 1. The Balaban J connectivity index is 2.27. The zero-order valence-corrected chi connectivity index (χ0v) is 10.9. The van der Waals surface area contributed by atoms with Crippen molar-refractivity contribution in [2.75, 3.05) is 17.6 Å². The molecular formula is C14H22F2N2. The summed E-state index contributed by atoms with van der Waals surface area (Å²) >= 11 is 0. The minimum absolute atomic E-state index is 0.0117. The van der Waals surface area contributed by atoms with Crippen LogP contribution < -0.4 is 11.1 Å². The summed E-state index contributed by atoms with van der Waals surface area (Å²) in [5.74, 6) is -1.31. The Kier molecular flexibility index (Phi) is 6.47. The first-order valence-electron chi connectivity index (χ1n) is 6.63. The van der Waals surface area contributed by atoms with Gasteiger partial charge in [0, 0.05) is 12.6 Å². The van der Waals surface area contributed by atoms with Crippen LogP contribution in [-0.2, 0) is 0 Å². The molecule has 0 aliphatic heterocycles. The summed E-state index contributed by atoms with van der Waals surface area (Å²) in [6.07, 6.45) is 7.09. The highest BCUT2D eigenvalue weighted by Gasteiger charge is 2.07. The van der Waals surface area contributed by atoms with E-state index in [9.17, 15) is 8.78 Å². The van der Waals surface area contributed by atoms with Gasteiger partial charge in [-0.2, -0.15) is 0 Å². The first kappa shape index (κ1) is 14.7. The zero-order chi connectivity index (χ0) is 13.4. The Morgan fingerprint density at radius 1 is 1.06 bits per heavy atom. The van der Waals surface area contributed by atoms with Gasteiger partial charge in [0.1, 0.15) is 5.82 Å². The van der Waals surface area contributed by atoms with Gasteiger partial charge in [0.05, 0.1) is 11.4 Å². The van der Waals surface area contributed by atoms with Gasteiger partial charge in [-0.05, 0) is 12.5 Å². The van der Waals surface area contributed by atoms with Crippen molar-refractivity contribution in [1.82, 2.24) is 0 Å². The fourth-order valence-corrected chi connectivity index (χ4v) is 1.86. The third-order valence-corrected chi connectivity index (χ3v) is 2.94. The molecule has 1 aromatic carbocycles. The van der Waals surface area contributed by atoms with Crippen molar-refractivity contribution >= 4 is 11.4 Å². The van der Waals surface area contributed by atoms with E-state index in [0.717, 1.165) is 18.9 Å². The second kappa shape index (κ2) is 7.90. The van der Waals surface area contributed by atoms with Gasteiger partial charge in [0.25, 0.3) is 0 Å². The Labute approximate surface area is 108 Å². The SMILES string of the molecule is CCCCCCCCNc1cc(F)cc(F)c1N. The Hall–Kier alpha value is -1.32. The van der Waals surface area contributed by atoms with E-state index in [1.807, 2.05) is 0 Å². The molecule has 0 unspecified atom stereocenters. The van der Waals surface area contributed by atoms with Crippen LogP contribution in [0.4, 0.5) is 20.2 Å². The lowest BCUT2D eigenvalue weighted by Gasteiger charge is -2.10. The van der Waals surface area contributed by atoms with Gasteiger partial charge < -0.3 is 11.1 Å². The van der Waals surface area contributed by atoms with Crippen LogP contribution in [0.3, 0.4) is 0 Å². The molecule has 0 saturated heterocycles. The average molecular weight is 256 g/mol. The second-order valence-corrected chi connectivity index (χ2v) is 4.54. The lowest BCUT2D eigenvalue weighted by Crippen LogP contribution is -2.06. The molecule has 0 aromatic heterocycles. The molecule has 0 aliphatic carbocycles.